The third-order valence-corrected chi connectivity index (χ3v) is 5.50. The van der Waals surface area contributed by atoms with Crippen LogP contribution in [0.3, 0.4) is 0 Å². The van der Waals surface area contributed by atoms with Gasteiger partial charge in [0.2, 0.25) is 0 Å². The van der Waals surface area contributed by atoms with Crippen molar-refractivity contribution >= 4 is 22.4 Å². The summed E-state index contributed by atoms with van der Waals surface area (Å²) in [5, 5.41) is 2.36. The zero-order valence-electron chi connectivity index (χ0n) is 17.8. The molecule has 0 heterocycles. The minimum absolute atomic E-state index is 0. The maximum atomic E-state index is 13.0. The van der Waals surface area contributed by atoms with E-state index in [9.17, 15) is 13.2 Å². The molecule has 1 atom stereocenters. The molecular formula is C27H21Cl2F3Zr. The predicted molar refractivity (Wildman–Crippen MR) is 118 cm³/mol. The molecule has 0 amide bonds. The average Bonchev–Trinajstić information content (AvgIpc) is 3.39. The van der Waals surface area contributed by atoms with Gasteiger partial charge in [-0.2, -0.15) is 32.2 Å². The van der Waals surface area contributed by atoms with Crippen LogP contribution in [-0.4, -0.2) is 0 Å². The topological polar surface area (TPSA) is 0 Å². The van der Waals surface area contributed by atoms with Gasteiger partial charge in [-0.3, -0.25) is 0 Å². The Morgan fingerprint density at radius 3 is 2.09 bits per heavy atom. The number of hydrogen-bond acceptors (Lipinski definition) is 0. The third-order valence-electron chi connectivity index (χ3n) is 5.50. The van der Waals surface area contributed by atoms with Crippen molar-refractivity contribution < 1.29 is 64.2 Å². The first-order valence-corrected chi connectivity index (χ1v) is 9.85. The van der Waals surface area contributed by atoms with Crippen LogP contribution < -0.4 is 24.8 Å². The van der Waals surface area contributed by atoms with Crippen LogP contribution in [0.1, 0.15) is 40.7 Å². The van der Waals surface area contributed by atoms with E-state index in [2.05, 4.69) is 49.4 Å². The molecule has 4 aromatic rings. The number of hydrogen-bond donors (Lipinski definition) is 0. The standard InChI is InChI=1S/C25H16F3.C2H5.2ClH.Zr/c26-25(27,28)19-13-11-17(12-14-19)23-15-18-5-1-2-8-21(18)24(23)22-10-4-7-16-6-3-9-20(16)22;1-2;;;/h1-15,24H;1H2,2H3;2*1H;/q2*-1;;;+4/p-2. The van der Waals surface area contributed by atoms with E-state index < -0.39 is 11.7 Å². The minimum atomic E-state index is -4.33. The van der Waals surface area contributed by atoms with Crippen molar-refractivity contribution in [3.05, 3.63) is 120 Å². The Morgan fingerprint density at radius 1 is 0.788 bits per heavy atom. The van der Waals surface area contributed by atoms with Crippen LogP contribution in [0.4, 0.5) is 13.2 Å². The van der Waals surface area contributed by atoms with E-state index in [4.69, 9.17) is 0 Å². The Kier molecular flexibility index (Phi) is 10.7. The van der Waals surface area contributed by atoms with Crippen molar-refractivity contribution in [3.8, 4) is 0 Å². The number of alkyl halides is 3. The van der Waals surface area contributed by atoms with Crippen molar-refractivity contribution in [3.63, 3.8) is 0 Å². The SMILES string of the molecule is FC(F)(F)c1ccc(C2=Cc3ccccc3C2c2cccc3[cH-]ccc23)cc1.[CH2-]C.[Cl-].[Cl-].[Zr+4]. The predicted octanol–water partition coefficient (Wildman–Crippen LogP) is 2.11. The van der Waals surface area contributed by atoms with Crippen LogP contribution in [0.2, 0.25) is 0 Å². The van der Waals surface area contributed by atoms with Gasteiger partial charge in [0.05, 0.1) is 5.56 Å². The van der Waals surface area contributed by atoms with Crippen LogP contribution in [0.25, 0.3) is 22.4 Å². The molecular weight excluding hydrogens is 543 g/mol. The molecule has 0 spiro atoms. The smallest absolute Gasteiger partial charge is 1.00 e. The summed E-state index contributed by atoms with van der Waals surface area (Å²) in [6, 6.07) is 26.1. The van der Waals surface area contributed by atoms with Gasteiger partial charge >= 0.3 is 32.4 Å². The molecule has 0 saturated carbocycles. The maximum absolute atomic E-state index is 13.0. The molecule has 168 valence electrons. The molecule has 1 aliphatic rings. The van der Waals surface area contributed by atoms with Gasteiger partial charge in [0.25, 0.3) is 0 Å². The first kappa shape index (κ1) is 29.3. The first-order chi connectivity index (χ1) is 14.5. The molecule has 0 aliphatic heterocycles. The fraction of sp³-hybridized carbons (Fsp3) is 0.111. The Balaban J connectivity index is 0.00000106. The third kappa shape index (κ3) is 5.68. The van der Waals surface area contributed by atoms with E-state index in [0.717, 1.165) is 16.7 Å². The van der Waals surface area contributed by atoms with Gasteiger partial charge in [0, 0.05) is 5.92 Å². The summed E-state index contributed by atoms with van der Waals surface area (Å²) in [7, 11) is 0. The number of benzene rings is 3. The van der Waals surface area contributed by atoms with Crippen LogP contribution >= 0.6 is 0 Å². The van der Waals surface area contributed by atoms with Crippen molar-refractivity contribution in [1.82, 2.24) is 0 Å². The van der Waals surface area contributed by atoms with E-state index in [1.54, 1.807) is 19.1 Å². The summed E-state index contributed by atoms with van der Waals surface area (Å²) >= 11 is 0. The van der Waals surface area contributed by atoms with Crippen LogP contribution in [0.15, 0.2) is 84.9 Å². The zero-order valence-corrected chi connectivity index (χ0v) is 21.8. The van der Waals surface area contributed by atoms with Crippen molar-refractivity contribution in [1.29, 1.82) is 0 Å². The van der Waals surface area contributed by atoms with Gasteiger partial charge < -0.3 is 31.7 Å². The van der Waals surface area contributed by atoms with E-state index in [-0.39, 0.29) is 56.9 Å². The summed E-state index contributed by atoms with van der Waals surface area (Å²) in [5.74, 6) is -0.000892. The van der Waals surface area contributed by atoms with Crippen LogP contribution in [0, 0.1) is 6.92 Å². The largest absolute Gasteiger partial charge is 4.00 e. The van der Waals surface area contributed by atoms with Gasteiger partial charge in [-0.25, -0.2) is 0 Å². The number of rotatable bonds is 2. The molecule has 4 aromatic carbocycles. The van der Waals surface area contributed by atoms with Gasteiger partial charge in [-0.05, 0) is 40.5 Å². The van der Waals surface area contributed by atoms with Gasteiger partial charge in [-0.15, -0.1) is 29.0 Å². The van der Waals surface area contributed by atoms with Crippen molar-refractivity contribution in [2.75, 3.05) is 0 Å². The Hall–Kier alpha value is -1.74. The fourth-order valence-corrected chi connectivity index (χ4v) is 4.20. The molecule has 6 heteroatoms. The molecule has 0 N–H and O–H groups in total. The minimum Gasteiger partial charge on any atom is -1.00 e. The molecule has 0 radical (unpaired) electrons. The average molecular weight is 565 g/mol. The molecule has 1 unspecified atom stereocenters. The van der Waals surface area contributed by atoms with Gasteiger partial charge in [-0.1, -0.05) is 48.0 Å². The number of halogens is 5. The van der Waals surface area contributed by atoms with E-state index >= 15 is 0 Å². The van der Waals surface area contributed by atoms with E-state index in [1.807, 2.05) is 24.3 Å². The second-order valence-electron chi connectivity index (χ2n) is 7.11. The first-order valence-electron chi connectivity index (χ1n) is 9.85. The number of allylic oxidation sites excluding steroid dienone is 1. The summed E-state index contributed by atoms with van der Waals surface area (Å²) in [5.41, 5.74) is 4.71. The summed E-state index contributed by atoms with van der Waals surface area (Å²) < 4.78 is 38.9. The molecule has 1 aliphatic carbocycles. The molecule has 0 saturated heterocycles. The molecule has 0 bridgehead atoms. The normalized spacial score (nSPS) is 14.0. The Bertz CT molecular complexity index is 1210. The summed E-state index contributed by atoms with van der Waals surface area (Å²) in [6.45, 7) is 5.00. The Labute approximate surface area is 224 Å². The molecule has 5 rings (SSSR count). The number of fused-ring (bicyclic) bond motifs is 2. The second kappa shape index (κ2) is 12.1. The molecule has 33 heavy (non-hydrogen) atoms. The summed E-state index contributed by atoms with van der Waals surface area (Å²) in [6.07, 6.45) is -2.23. The van der Waals surface area contributed by atoms with Crippen LogP contribution in [0.5, 0.6) is 0 Å². The molecule has 0 fully saturated rings. The van der Waals surface area contributed by atoms with Gasteiger partial charge in [0.15, 0.2) is 0 Å². The molecule has 0 aromatic heterocycles. The van der Waals surface area contributed by atoms with E-state index in [0.29, 0.717) is 0 Å². The Morgan fingerprint density at radius 2 is 1.42 bits per heavy atom. The second-order valence-corrected chi connectivity index (χ2v) is 7.11. The quantitative estimate of drug-likeness (QED) is 0.328. The van der Waals surface area contributed by atoms with E-state index in [1.165, 1.54) is 34.0 Å². The van der Waals surface area contributed by atoms with Crippen molar-refractivity contribution in [2.24, 2.45) is 0 Å². The monoisotopic (exact) mass is 562 g/mol. The summed E-state index contributed by atoms with van der Waals surface area (Å²) in [4.78, 5) is 0. The molecule has 0 nitrogen and oxygen atoms in total. The fourth-order valence-electron chi connectivity index (χ4n) is 4.20. The van der Waals surface area contributed by atoms with Crippen molar-refractivity contribution in [2.45, 2.75) is 19.0 Å². The maximum Gasteiger partial charge on any atom is 4.00 e. The zero-order chi connectivity index (χ0) is 21.3. The van der Waals surface area contributed by atoms with Gasteiger partial charge in [0.1, 0.15) is 0 Å². The van der Waals surface area contributed by atoms with Crippen LogP contribution in [-0.2, 0) is 32.4 Å².